The number of benzene rings is 2. The van der Waals surface area contributed by atoms with Gasteiger partial charge in [-0.05, 0) is 44.0 Å². The van der Waals surface area contributed by atoms with Gasteiger partial charge in [0.15, 0.2) is 0 Å². The Morgan fingerprint density at radius 2 is 1.73 bits per heavy atom. The highest BCUT2D eigenvalue weighted by atomic mass is 16.5. The van der Waals surface area contributed by atoms with Crippen LogP contribution in [0.4, 0.5) is 0 Å². The maximum Gasteiger partial charge on any atom is 0.122 e. The summed E-state index contributed by atoms with van der Waals surface area (Å²) in [6, 6.07) is 18.6. The van der Waals surface area contributed by atoms with Crippen molar-refractivity contribution in [3.63, 3.8) is 0 Å². The Morgan fingerprint density at radius 3 is 2.50 bits per heavy atom. The number of nitrogens with one attached hydrogen (secondary N) is 1. The van der Waals surface area contributed by atoms with Gasteiger partial charge in [0, 0.05) is 12.1 Å². The Kier molecular flexibility index (Phi) is 6.78. The van der Waals surface area contributed by atoms with Crippen molar-refractivity contribution in [1.82, 2.24) is 5.32 Å². The molecule has 0 saturated heterocycles. The van der Waals surface area contributed by atoms with E-state index in [4.69, 9.17) is 9.47 Å². The highest BCUT2D eigenvalue weighted by Crippen LogP contribution is 2.19. The first-order valence-electron chi connectivity index (χ1n) is 7.85. The fourth-order valence-electron chi connectivity index (χ4n) is 2.29. The fourth-order valence-corrected chi connectivity index (χ4v) is 2.29. The highest BCUT2D eigenvalue weighted by molar-refractivity contribution is 5.32. The van der Waals surface area contributed by atoms with Crippen LogP contribution in [0.25, 0.3) is 0 Å². The van der Waals surface area contributed by atoms with Crippen LogP contribution in [0.5, 0.6) is 11.5 Å². The van der Waals surface area contributed by atoms with Crippen molar-refractivity contribution in [3.05, 3.63) is 60.2 Å². The summed E-state index contributed by atoms with van der Waals surface area (Å²) in [6.07, 6.45) is 2.13. The molecule has 1 atom stereocenters. The molecule has 2 rings (SSSR count). The van der Waals surface area contributed by atoms with E-state index in [1.807, 2.05) is 30.3 Å². The van der Waals surface area contributed by atoms with Gasteiger partial charge in [-0.15, -0.1) is 0 Å². The SMILES string of the molecule is COc1cccc(OCCCCN[C@@H](C)c2ccccc2)c1. The fraction of sp³-hybridized carbons (Fsp3) is 0.368. The third kappa shape index (κ3) is 5.41. The minimum atomic E-state index is 0.389. The van der Waals surface area contributed by atoms with Gasteiger partial charge in [-0.3, -0.25) is 0 Å². The van der Waals surface area contributed by atoms with Gasteiger partial charge in [-0.2, -0.15) is 0 Å². The second-order valence-electron chi connectivity index (χ2n) is 5.32. The molecule has 0 saturated carbocycles. The van der Waals surface area contributed by atoms with Crippen molar-refractivity contribution >= 4 is 0 Å². The molecule has 22 heavy (non-hydrogen) atoms. The summed E-state index contributed by atoms with van der Waals surface area (Å²) < 4.78 is 10.9. The largest absolute Gasteiger partial charge is 0.497 e. The van der Waals surface area contributed by atoms with Crippen LogP contribution in [0.2, 0.25) is 0 Å². The lowest BCUT2D eigenvalue weighted by molar-refractivity contribution is 0.302. The van der Waals surface area contributed by atoms with Gasteiger partial charge in [-0.1, -0.05) is 36.4 Å². The summed E-state index contributed by atoms with van der Waals surface area (Å²) in [5.41, 5.74) is 1.33. The number of hydrogen-bond donors (Lipinski definition) is 1. The first-order valence-corrected chi connectivity index (χ1v) is 7.85. The zero-order valence-corrected chi connectivity index (χ0v) is 13.4. The normalized spacial score (nSPS) is 11.9. The van der Waals surface area contributed by atoms with Crippen LogP contribution in [0.1, 0.15) is 31.4 Å². The number of methoxy groups -OCH3 is 1. The zero-order valence-electron chi connectivity index (χ0n) is 13.4. The van der Waals surface area contributed by atoms with E-state index < -0.39 is 0 Å². The quantitative estimate of drug-likeness (QED) is 0.704. The van der Waals surface area contributed by atoms with Crippen LogP contribution >= 0.6 is 0 Å². The van der Waals surface area contributed by atoms with Crippen LogP contribution in [-0.4, -0.2) is 20.3 Å². The average molecular weight is 299 g/mol. The molecule has 0 aliphatic rings. The van der Waals surface area contributed by atoms with E-state index >= 15 is 0 Å². The molecular formula is C19H25NO2. The predicted molar refractivity (Wildman–Crippen MR) is 90.6 cm³/mol. The minimum absolute atomic E-state index is 0.389. The molecule has 0 heterocycles. The lowest BCUT2D eigenvalue weighted by Gasteiger charge is -2.14. The Balaban J connectivity index is 1.59. The van der Waals surface area contributed by atoms with Gasteiger partial charge < -0.3 is 14.8 Å². The third-order valence-corrected chi connectivity index (χ3v) is 3.63. The maximum absolute atomic E-state index is 5.73. The molecule has 0 bridgehead atoms. The molecule has 0 aliphatic heterocycles. The molecule has 0 fully saturated rings. The Morgan fingerprint density at radius 1 is 0.955 bits per heavy atom. The Hall–Kier alpha value is -2.00. The molecule has 3 heteroatoms. The molecule has 0 amide bonds. The standard InChI is InChI=1S/C19H25NO2/c1-16(17-9-4-3-5-10-17)20-13-6-7-14-22-19-12-8-11-18(15-19)21-2/h3-5,8-12,15-16,20H,6-7,13-14H2,1-2H3/t16-/m0/s1. The highest BCUT2D eigenvalue weighted by Gasteiger charge is 2.02. The van der Waals surface area contributed by atoms with Gasteiger partial charge in [0.25, 0.3) is 0 Å². The number of hydrogen-bond acceptors (Lipinski definition) is 3. The molecule has 0 aliphatic carbocycles. The summed E-state index contributed by atoms with van der Waals surface area (Å²) in [7, 11) is 1.67. The van der Waals surface area contributed by atoms with Crippen molar-refractivity contribution in [1.29, 1.82) is 0 Å². The van der Waals surface area contributed by atoms with E-state index in [1.54, 1.807) is 7.11 Å². The molecule has 0 radical (unpaired) electrons. The van der Waals surface area contributed by atoms with Crippen LogP contribution < -0.4 is 14.8 Å². The maximum atomic E-state index is 5.73. The molecule has 1 N–H and O–H groups in total. The van der Waals surface area contributed by atoms with E-state index in [-0.39, 0.29) is 0 Å². The van der Waals surface area contributed by atoms with Crippen LogP contribution in [0.3, 0.4) is 0 Å². The van der Waals surface area contributed by atoms with Crippen LogP contribution in [0.15, 0.2) is 54.6 Å². The molecule has 0 aromatic heterocycles. The summed E-state index contributed by atoms with van der Waals surface area (Å²) in [6.45, 7) is 3.92. The van der Waals surface area contributed by atoms with Crippen LogP contribution in [0, 0.1) is 0 Å². The summed E-state index contributed by atoms with van der Waals surface area (Å²) in [5, 5.41) is 3.54. The van der Waals surface area contributed by atoms with E-state index in [2.05, 4.69) is 36.5 Å². The third-order valence-electron chi connectivity index (χ3n) is 3.63. The van der Waals surface area contributed by atoms with Gasteiger partial charge in [0.05, 0.1) is 13.7 Å². The van der Waals surface area contributed by atoms with E-state index in [0.29, 0.717) is 6.04 Å². The predicted octanol–water partition coefficient (Wildman–Crippen LogP) is 4.21. The number of unbranched alkanes of at least 4 members (excludes halogenated alkanes) is 1. The first-order chi connectivity index (χ1) is 10.8. The smallest absolute Gasteiger partial charge is 0.122 e. The molecule has 0 spiro atoms. The summed E-state index contributed by atoms with van der Waals surface area (Å²) in [4.78, 5) is 0. The number of ether oxygens (including phenoxy) is 2. The van der Waals surface area contributed by atoms with Crippen molar-refractivity contribution in [2.24, 2.45) is 0 Å². The zero-order chi connectivity index (χ0) is 15.6. The van der Waals surface area contributed by atoms with E-state index in [9.17, 15) is 0 Å². The second-order valence-corrected chi connectivity index (χ2v) is 5.32. The monoisotopic (exact) mass is 299 g/mol. The van der Waals surface area contributed by atoms with E-state index in [0.717, 1.165) is 37.5 Å². The van der Waals surface area contributed by atoms with Gasteiger partial charge in [0.2, 0.25) is 0 Å². The van der Waals surface area contributed by atoms with Crippen LogP contribution in [-0.2, 0) is 0 Å². The summed E-state index contributed by atoms with van der Waals surface area (Å²) >= 11 is 0. The molecular weight excluding hydrogens is 274 g/mol. The van der Waals surface area contributed by atoms with Crippen molar-refractivity contribution < 1.29 is 9.47 Å². The average Bonchev–Trinajstić information content (AvgIpc) is 2.58. The molecule has 118 valence electrons. The molecule has 3 nitrogen and oxygen atoms in total. The molecule has 2 aromatic carbocycles. The van der Waals surface area contributed by atoms with E-state index in [1.165, 1.54) is 5.56 Å². The van der Waals surface area contributed by atoms with Crippen molar-refractivity contribution in [3.8, 4) is 11.5 Å². The van der Waals surface area contributed by atoms with Crippen molar-refractivity contribution in [2.75, 3.05) is 20.3 Å². The topological polar surface area (TPSA) is 30.5 Å². The first kappa shape index (κ1) is 16.4. The minimum Gasteiger partial charge on any atom is -0.497 e. The Labute approximate surface area is 133 Å². The van der Waals surface area contributed by atoms with Gasteiger partial charge in [0.1, 0.15) is 11.5 Å². The number of rotatable bonds is 9. The van der Waals surface area contributed by atoms with Crippen molar-refractivity contribution in [2.45, 2.75) is 25.8 Å². The molecule has 2 aromatic rings. The lowest BCUT2D eigenvalue weighted by Crippen LogP contribution is -2.20. The molecule has 0 unspecified atom stereocenters. The van der Waals surface area contributed by atoms with Gasteiger partial charge >= 0.3 is 0 Å². The Bertz CT molecular complexity index is 542. The second kappa shape index (κ2) is 9.11. The van der Waals surface area contributed by atoms with Gasteiger partial charge in [-0.25, -0.2) is 0 Å². The summed E-state index contributed by atoms with van der Waals surface area (Å²) in [5.74, 6) is 1.70. The lowest BCUT2D eigenvalue weighted by atomic mass is 10.1.